The molecule has 0 radical (unpaired) electrons. The molecule has 0 spiro atoms. The van der Waals surface area contributed by atoms with Gasteiger partial charge < -0.3 is 5.73 Å². The maximum atomic E-state index is 12.7. The monoisotopic (exact) mass is 400 g/mol. The molecule has 0 bridgehead atoms. The molecule has 2 aromatic heterocycles. The number of nitrogens with two attached hydrogens (primary N) is 1. The predicted molar refractivity (Wildman–Crippen MR) is 108 cm³/mol. The molecule has 0 fully saturated rings. The van der Waals surface area contributed by atoms with Crippen LogP contribution < -0.4 is 5.73 Å². The Kier molecular flexibility index (Phi) is 6.08. The van der Waals surface area contributed by atoms with Crippen LogP contribution in [0.2, 0.25) is 0 Å². The number of aromatic nitrogens is 3. The molecule has 1 amide bonds. The second-order valence-electron chi connectivity index (χ2n) is 6.01. The van der Waals surface area contributed by atoms with Crippen molar-refractivity contribution in [3.63, 3.8) is 0 Å². The lowest BCUT2D eigenvalue weighted by atomic mass is 10.1. The highest BCUT2D eigenvalue weighted by atomic mass is 32.2. The molecule has 3 aromatic rings. The normalized spacial score (nSPS) is 12.1. The number of benzene rings is 1. The van der Waals surface area contributed by atoms with E-state index in [1.54, 1.807) is 4.57 Å². The number of Topliss-reactive ketones (excluding diaryl/α,β-unsaturated/α-hetero) is 1. The highest BCUT2D eigenvalue weighted by Gasteiger charge is 2.22. The molecule has 2 N–H and O–H groups in total. The summed E-state index contributed by atoms with van der Waals surface area (Å²) in [6.45, 7) is 3.87. The third-order valence-corrected chi connectivity index (χ3v) is 6.02. The maximum Gasteiger partial charge on any atom is 0.237 e. The molecule has 2 heterocycles. The first-order chi connectivity index (χ1) is 13.0. The van der Waals surface area contributed by atoms with Crippen LogP contribution in [0.15, 0.2) is 46.9 Å². The lowest BCUT2D eigenvalue weighted by molar-refractivity contribution is -0.118. The van der Waals surface area contributed by atoms with Gasteiger partial charge in [0.05, 0.1) is 10.1 Å². The molecule has 6 nitrogen and oxygen atoms in total. The number of hydrogen-bond donors (Lipinski definition) is 1. The van der Waals surface area contributed by atoms with Gasteiger partial charge in [0.25, 0.3) is 0 Å². The Morgan fingerprint density at radius 3 is 2.56 bits per heavy atom. The molecular formula is C19H20N4O2S2. The molecule has 0 aliphatic carbocycles. The zero-order chi connectivity index (χ0) is 19.4. The minimum atomic E-state index is -0.483. The highest BCUT2D eigenvalue weighted by molar-refractivity contribution is 8.00. The number of primary amides is 1. The summed E-state index contributed by atoms with van der Waals surface area (Å²) in [5, 5.41) is 10.5. The number of ketones is 1. The molecule has 0 aliphatic heterocycles. The summed E-state index contributed by atoms with van der Waals surface area (Å²) in [5.41, 5.74) is 7.24. The third-order valence-electron chi connectivity index (χ3n) is 4.07. The van der Waals surface area contributed by atoms with Crippen LogP contribution in [0.5, 0.6) is 0 Å². The van der Waals surface area contributed by atoms with Crippen molar-refractivity contribution in [2.24, 2.45) is 5.73 Å². The number of carbonyl (C=O) groups is 2. The smallest absolute Gasteiger partial charge is 0.237 e. The van der Waals surface area contributed by atoms with Gasteiger partial charge in [-0.3, -0.25) is 14.2 Å². The summed E-state index contributed by atoms with van der Waals surface area (Å²) >= 11 is 2.78. The Morgan fingerprint density at radius 2 is 1.96 bits per heavy atom. The lowest BCUT2D eigenvalue weighted by Crippen LogP contribution is -2.21. The van der Waals surface area contributed by atoms with Crippen LogP contribution >= 0.6 is 23.1 Å². The fourth-order valence-electron chi connectivity index (χ4n) is 2.61. The van der Waals surface area contributed by atoms with Crippen LogP contribution in [0, 0.1) is 0 Å². The molecule has 8 heteroatoms. The molecule has 140 valence electrons. The van der Waals surface area contributed by atoms with E-state index in [0.717, 1.165) is 11.3 Å². The summed E-state index contributed by atoms with van der Waals surface area (Å²) in [5.74, 6) is 0.107. The van der Waals surface area contributed by atoms with Crippen molar-refractivity contribution in [1.29, 1.82) is 0 Å². The van der Waals surface area contributed by atoms with E-state index in [4.69, 9.17) is 5.73 Å². The Bertz CT molecular complexity index is 933. The van der Waals surface area contributed by atoms with Gasteiger partial charge in [-0.25, -0.2) is 0 Å². The van der Waals surface area contributed by atoms with Crippen LogP contribution in [0.1, 0.15) is 29.8 Å². The van der Waals surface area contributed by atoms with E-state index in [0.29, 0.717) is 16.5 Å². The molecule has 0 saturated carbocycles. The fraction of sp³-hybridized carbons (Fsp3) is 0.263. The van der Waals surface area contributed by atoms with Crippen LogP contribution in [-0.4, -0.2) is 31.7 Å². The van der Waals surface area contributed by atoms with Gasteiger partial charge >= 0.3 is 0 Å². The largest absolute Gasteiger partial charge is 0.368 e. The summed E-state index contributed by atoms with van der Waals surface area (Å²) in [7, 11) is 0. The van der Waals surface area contributed by atoms with Gasteiger partial charge in [-0.2, -0.15) is 0 Å². The number of thioether (sulfide) groups is 1. The van der Waals surface area contributed by atoms with Gasteiger partial charge in [0.15, 0.2) is 16.8 Å². The van der Waals surface area contributed by atoms with Crippen molar-refractivity contribution in [3.8, 4) is 10.7 Å². The van der Waals surface area contributed by atoms with Crippen LogP contribution in [-0.2, 0) is 17.8 Å². The van der Waals surface area contributed by atoms with E-state index in [-0.39, 0.29) is 17.6 Å². The average molecular weight is 401 g/mol. The van der Waals surface area contributed by atoms with Crippen molar-refractivity contribution in [1.82, 2.24) is 14.8 Å². The number of aryl methyl sites for hydroxylation is 1. The number of hydrogen-bond acceptors (Lipinski definition) is 6. The molecule has 0 aliphatic rings. The van der Waals surface area contributed by atoms with Crippen molar-refractivity contribution in [3.05, 3.63) is 52.9 Å². The summed E-state index contributed by atoms with van der Waals surface area (Å²) in [6.07, 6.45) is 0.931. The van der Waals surface area contributed by atoms with Crippen LogP contribution in [0.25, 0.3) is 10.7 Å². The van der Waals surface area contributed by atoms with Crippen molar-refractivity contribution in [2.45, 2.75) is 37.2 Å². The maximum absolute atomic E-state index is 12.7. The number of thiophene rings is 1. The molecule has 27 heavy (non-hydrogen) atoms. The summed E-state index contributed by atoms with van der Waals surface area (Å²) in [6, 6.07) is 11.4. The first kappa shape index (κ1) is 19.3. The molecule has 0 saturated heterocycles. The first-order valence-corrected chi connectivity index (χ1v) is 10.3. The van der Waals surface area contributed by atoms with E-state index >= 15 is 0 Å². The standard InChI is InChI=1S/C19H20N4O2S2/c1-3-13-6-8-14(9-7-13)17(25)12(2)27-19-22-21-18(15-5-4-10-26-15)23(19)11-16(20)24/h4-10,12H,3,11H2,1-2H3,(H2,20,24). The van der Waals surface area contributed by atoms with E-state index in [1.165, 1.54) is 28.7 Å². The van der Waals surface area contributed by atoms with Crippen molar-refractivity contribution in [2.75, 3.05) is 0 Å². The number of nitrogens with zero attached hydrogens (tertiary/aromatic N) is 3. The van der Waals surface area contributed by atoms with E-state index in [2.05, 4.69) is 17.1 Å². The molecule has 1 unspecified atom stereocenters. The summed E-state index contributed by atoms with van der Waals surface area (Å²) < 4.78 is 1.67. The first-order valence-electron chi connectivity index (χ1n) is 8.54. The topological polar surface area (TPSA) is 90.9 Å². The Balaban J connectivity index is 1.83. The number of amides is 1. The zero-order valence-electron chi connectivity index (χ0n) is 15.1. The number of rotatable bonds is 8. The van der Waals surface area contributed by atoms with Crippen molar-refractivity contribution >= 4 is 34.8 Å². The highest BCUT2D eigenvalue weighted by Crippen LogP contribution is 2.30. The zero-order valence-corrected chi connectivity index (χ0v) is 16.7. The van der Waals surface area contributed by atoms with Crippen molar-refractivity contribution < 1.29 is 9.59 Å². The second-order valence-corrected chi connectivity index (χ2v) is 8.27. The molecule has 1 atom stereocenters. The van der Waals surface area contributed by atoms with E-state index in [9.17, 15) is 9.59 Å². The van der Waals surface area contributed by atoms with E-state index < -0.39 is 5.91 Å². The van der Waals surface area contributed by atoms with Gasteiger partial charge in [0, 0.05) is 5.56 Å². The van der Waals surface area contributed by atoms with Gasteiger partial charge in [0.2, 0.25) is 5.91 Å². The number of carbonyl (C=O) groups excluding carboxylic acids is 2. The SMILES string of the molecule is CCc1ccc(C(=O)C(C)Sc2nnc(-c3cccs3)n2CC(N)=O)cc1. The quantitative estimate of drug-likeness (QED) is 0.462. The Hall–Kier alpha value is -2.45. The average Bonchev–Trinajstić information content (AvgIpc) is 3.31. The van der Waals surface area contributed by atoms with Gasteiger partial charge in [0.1, 0.15) is 6.54 Å². The minimum absolute atomic E-state index is 0.00829. The molecule has 3 rings (SSSR count). The van der Waals surface area contributed by atoms with Gasteiger partial charge in [-0.1, -0.05) is 49.0 Å². The Morgan fingerprint density at radius 1 is 1.22 bits per heavy atom. The van der Waals surface area contributed by atoms with Gasteiger partial charge in [-0.15, -0.1) is 21.5 Å². The second kappa shape index (κ2) is 8.49. The van der Waals surface area contributed by atoms with E-state index in [1.807, 2.05) is 48.7 Å². The lowest BCUT2D eigenvalue weighted by Gasteiger charge is -2.12. The Labute approximate surface area is 165 Å². The minimum Gasteiger partial charge on any atom is -0.368 e. The van der Waals surface area contributed by atoms with Crippen LogP contribution in [0.4, 0.5) is 0 Å². The summed E-state index contributed by atoms with van der Waals surface area (Å²) in [4.78, 5) is 25.2. The van der Waals surface area contributed by atoms with Gasteiger partial charge in [-0.05, 0) is 30.4 Å². The van der Waals surface area contributed by atoms with Crippen LogP contribution in [0.3, 0.4) is 0 Å². The third kappa shape index (κ3) is 4.45. The predicted octanol–water partition coefficient (Wildman–Crippen LogP) is 3.42. The fourth-order valence-corrected chi connectivity index (χ4v) is 4.26. The molecule has 1 aromatic carbocycles. The molecular weight excluding hydrogens is 380 g/mol.